The normalized spacial score (nSPS) is 16.3. The zero-order chi connectivity index (χ0) is 76.8. The zero-order valence-electron chi connectivity index (χ0n) is 56.5. The van der Waals surface area contributed by atoms with Gasteiger partial charge in [0.25, 0.3) is 27.5 Å². The number of nitrogens with two attached hydrogens (primary N) is 2. The van der Waals surface area contributed by atoms with E-state index >= 15 is 0 Å². The van der Waals surface area contributed by atoms with E-state index in [4.69, 9.17) is 70.0 Å². The van der Waals surface area contributed by atoms with Crippen molar-refractivity contribution in [3.8, 4) is 40.0 Å². The number of nitrogens with zero attached hydrogens (tertiary/aromatic N) is 8. The van der Waals surface area contributed by atoms with Crippen LogP contribution in [0.15, 0.2) is 103 Å². The summed E-state index contributed by atoms with van der Waals surface area (Å²) in [7, 11) is -19.3. The average Bonchev–Trinajstić information content (AvgIpc) is 0.895. The van der Waals surface area contributed by atoms with Crippen molar-refractivity contribution in [3.63, 3.8) is 0 Å². The summed E-state index contributed by atoms with van der Waals surface area (Å²) in [5.74, 6) is 3.64. The molecule has 0 spiro atoms. The van der Waals surface area contributed by atoms with Gasteiger partial charge in [0.15, 0.2) is 22.5 Å². The Hall–Kier alpha value is -9.49. The number of rotatable bonds is 41. The molecule has 0 radical (unpaired) electrons. The Labute approximate surface area is 601 Å². The van der Waals surface area contributed by atoms with Gasteiger partial charge in [0, 0.05) is 101 Å². The third kappa shape index (κ3) is 23.0. The van der Waals surface area contributed by atoms with E-state index in [0.717, 1.165) is 0 Å². The van der Waals surface area contributed by atoms with E-state index in [9.17, 15) is 60.4 Å². The molecule has 568 valence electrons. The Bertz CT molecular complexity index is 4900. The van der Waals surface area contributed by atoms with E-state index < -0.39 is 112 Å². The van der Waals surface area contributed by atoms with Crippen LogP contribution in [-0.4, -0.2) is 179 Å². The molecule has 1 saturated heterocycles. The predicted molar refractivity (Wildman–Crippen MR) is 371 cm³/mol. The first-order valence-corrected chi connectivity index (χ1v) is 37.4. The molecule has 1 fully saturated rings. The highest BCUT2D eigenvalue weighted by Gasteiger charge is 2.46. The molecule has 3 amide bonds. The number of carbonyl (C=O) groups is 4. The first kappa shape index (κ1) is 82.2. The number of nitrogens with one attached hydrogen (secondary N) is 5. The Balaban J connectivity index is 0.692. The number of aryl methyl sites for hydroxylation is 1. The third-order valence-corrected chi connectivity index (χ3v) is 20.8. The Morgan fingerprint density at radius 1 is 0.887 bits per heavy atom. The SMILES string of the molecule is COP(=O)(O)OP(=O)(OC)OP(=O)(O)OCC1OC(n2cc(C#CCNC(=O)COCCOC(COc3cccc(C(=O)NCCCC(=O)CCOCCOCCNC(=O)c4cccc(-c5c6ccc(=N)c(S(=O)(=O)O)c-6oc6c(C)c(N)ccc56)c4)c3)N=[N+]=[N-])c3c(=O)[nH]c(N)nc32)CC1OCN=[N+]=[N-]. The van der Waals surface area contributed by atoms with E-state index in [1.807, 2.05) is 0 Å². The van der Waals surface area contributed by atoms with Crippen molar-refractivity contribution in [1.29, 1.82) is 5.41 Å². The smallest absolute Gasteiger partial charge is 0.491 e. The van der Waals surface area contributed by atoms with Crippen LogP contribution in [0, 0.1) is 24.2 Å². The Morgan fingerprint density at radius 2 is 1.60 bits per heavy atom. The number of amides is 3. The van der Waals surface area contributed by atoms with Gasteiger partial charge in [-0.2, -0.15) is 22.0 Å². The molecule has 2 aromatic heterocycles. The molecular formula is C61H72N15O26P3S. The molecule has 45 heteroatoms. The number of hydrogen-bond acceptors (Lipinski definition) is 29. The van der Waals surface area contributed by atoms with Crippen molar-refractivity contribution in [2.75, 3.05) is 112 Å². The molecule has 12 N–H and O–H groups in total. The third-order valence-electron chi connectivity index (χ3n) is 15.2. The second kappa shape index (κ2) is 38.2. The maximum absolute atomic E-state index is 13.3. The number of Topliss-reactive ketones (excluding diaryl/α,β-unsaturated/α-hetero) is 1. The standard InChI is InChI=1S/C61H72N15O26P3S/c1-36-45(62)16-14-43-52(44-15-17-46(63)56(106(87,88)89)55(44)100-54(36)43)37-8-4-9-38(28-37)58(79)69-21-23-93-25-24-92-22-18-41(77)12-7-20-68-59(80)39-10-5-13-42(29-39)96-34-50(73-75-66)95-27-26-94-33-49(78)67-19-6-11-40-31-76(57-53(40)60(81)72-61(64)71-57)51-30-47(97-35-70-74-65)48(99-51)32-98-104(84,85)102-105(86,91-3)101-103(82,83)90-2/h4-5,8-10,13-17,28-29,31,47-48,50-51,63H,7,12,18-27,30,32-35,62H2,1-3H3,(H,67,78)(H,68,80)(H,69,79)(H,82,83)(H,84,85)(H,87,88,89)(H3,64,71,72,81). The van der Waals surface area contributed by atoms with Crippen LogP contribution in [-0.2, 0) is 84.0 Å². The number of fused-ring (bicyclic) bond motifs is 3. The summed E-state index contributed by atoms with van der Waals surface area (Å²) < 4.78 is 141. The van der Waals surface area contributed by atoms with Crippen molar-refractivity contribution in [2.24, 2.45) is 10.2 Å². The first-order valence-electron chi connectivity index (χ1n) is 31.6. The van der Waals surface area contributed by atoms with Gasteiger partial charge in [0.1, 0.15) is 49.4 Å². The molecule has 7 unspecified atom stereocenters. The van der Waals surface area contributed by atoms with Gasteiger partial charge in [-0.15, -0.1) is 0 Å². The highest BCUT2D eigenvalue weighted by Crippen LogP contribution is 2.70. The molecule has 0 saturated carbocycles. The van der Waals surface area contributed by atoms with Gasteiger partial charge in [-0.3, -0.25) is 52.5 Å². The van der Waals surface area contributed by atoms with Gasteiger partial charge in [0.05, 0.1) is 75.2 Å². The summed E-state index contributed by atoms with van der Waals surface area (Å²) in [5, 5.41) is 23.2. The molecule has 3 aliphatic rings. The fourth-order valence-corrected chi connectivity index (χ4v) is 14.8. The molecular weight excluding hydrogens is 1480 g/mol. The largest absolute Gasteiger partial charge is 0.492 e. The molecule has 0 bridgehead atoms. The fourth-order valence-electron chi connectivity index (χ4n) is 10.3. The second-order valence-corrected chi connectivity index (χ2v) is 28.8. The van der Waals surface area contributed by atoms with Gasteiger partial charge in [-0.1, -0.05) is 40.3 Å². The van der Waals surface area contributed by atoms with Crippen molar-refractivity contribution in [2.45, 2.75) is 62.2 Å². The molecule has 8 rings (SSSR count). The summed E-state index contributed by atoms with van der Waals surface area (Å²) in [4.78, 5) is 95.9. The number of azide groups is 2. The second-order valence-electron chi connectivity index (χ2n) is 22.4. The van der Waals surface area contributed by atoms with Crippen molar-refractivity contribution in [3.05, 3.63) is 138 Å². The number of nitrogen functional groups attached to an aromatic ring is 2. The number of aromatic amines is 1. The van der Waals surface area contributed by atoms with Crippen LogP contribution in [0.3, 0.4) is 0 Å². The number of benzene rings is 4. The zero-order valence-corrected chi connectivity index (χ0v) is 60.0. The molecule has 3 aromatic carbocycles. The fraction of sp³-hybridized carbons (Fsp3) is 0.393. The summed E-state index contributed by atoms with van der Waals surface area (Å²) in [5.41, 5.74) is 32.3. The predicted octanol–water partition coefficient (Wildman–Crippen LogP) is 6.18. The number of aromatic nitrogens is 3. The van der Waals surface area contributed by atoms with E-state index in [2.05, 4.69) is 75.5 Å². The minimum absolute atomic E-state index is 0.0450. The highest BCUT2D eigenvalue weighted by atomic mass is 32.2. The quantitative estimate of drug-likeness (QED) is 0.00235. The van der Waals surface area contributed by atoms with Gasteiger partial charge in [-0.25, -0.2) is 13.7 Å². The van der Waals surface area contributed by atoms with Crippen LogP contribution in [0.25, 0.3) is 65.3 Å². The number of carbonyl (C=O) groups excluding carboxylic acids is 4. The Morgan fingerprint density at radius 3 is 2.33 bits per heavy atom. The van der Waals surface area contributed by atoms with Crippen LogP contribution in [0.1, 0.15) is 63.8 Å². The highest BCUT2D eigenvalue weighted by molar-refractivity contribution is 7.86. The monoisotopic (exact) mass is 1560 g/mol. The molecule has 41 nitrogen and oxygen atoms in total. The Kier molecular flexibility index (Phi) is 29.6. The van der Waals surface area contributed by atoms with E-state index in [0.29, 0.717) is 48.4 Å². The number of H-pyrrole nitrogens is 1. The van der Waals surface area contributed by atoms with Crippen LogP contribution in [0.5, 0.6) is 5.75 Å². The van der Waals surface area contributed by atoms with Crippen LogP contribution in [0.2, 0.25) is 0 Å². The summed E-state index contributed by atoms with van der Waals surface area (Å²) in [6.07, 6.45) is -2.74. The van der Waals surface area contributed by atoms with Gasteiger partial charge >= 0.3 is 23.5 Å². The van der Waals surface area contributed by atoms with Gasteiger partial charge in [-0.05, 0) is 84.6 Å². The molecule has 5 aromatic rings. The molecule has 106 heavy (non-hydrogen) atoms. The maximum atomic E-state index is 13.3. The lowest BCUT2D eigenvalue weighted by molar-refractivity contribution is -0.126. The van der Waals surface area contributed by atoms with Crippen LogP contribution in [0.4, 0.5) is 11.6 Å². The molecule has 7 atom stereocenters. The number of phosphoric ester groups is 2. The number of anilines is 2. The molecule has 4 heterocycles. The van der Waals surface area contributed by atoms with E-state index in [1.165, 1.54) is 29.0 Å². The molecule has 1 aliphatic carbocycles. The van der Waals surface area contributed by atoms with Crippen molar-refractivity contribution < 1.29 is 115 Å². The number of ketones is 1. The number of hydrogen-bond donors (Lipinski definition) is 10. The van der Waals surface area contributed by atoms with E-state index in [-0.39, 0.29) is 147 Å². The van der Waals surface area contributed by atoms with Gasteiger partial charge < -0.3 is 79.3 Å². The van der Waals surface area contributed by atoms with E-state index in [1.54, 1.807) is 61.5 Å². The number of ether oxygens (including phenoxy) is 7. The topological polar surface area (TPSA) is 598 Å². The summed E-state index contributed by atoms with van der Waals surface area (Å²) >= 11 is 0. The average molecular weight is 1560 g/mol. The van der Waals surface area contributed by atoms with Crippen molar-refractivity contribution >= 4 is 90.7 Å². The summed E-state index contributed by atoms with van der Waals surface area (Å²) in [6, 6.07) is 18.9. The molecule has 2 aliphatic heterocycles. The van der Waals surface area contributed by atoms with Gasteiger partial charge in [0.2, 0.25) is 11.9 Å². The van der Waals surface area contributed by atoms with Crippen molar-refractivity contribution in [1.82, 2.24) is 30.5 Å². The lowest BCUT2D eigenvalue weighted by atomic mass is 9.91. The summed E-state index contributed by atoms with van der Waals surface area (Å²) in [6.45, 7) is -0.0123. The number of phosphoric acid groups is 3. The minimum Gasteiger partial charge on any atom is -0.491 e. The van der Waals surface area contributed by atoms with Crippen LogP contribution < -0.4 is 43.1 Å². The maximum Gasteiger partial charge on any atom is 0.492 e. The lowest BCUT2D eigenvalue weighted by Gasteiger charge is -2.22. The van der Waals surface area contributed by atoms with Crippen LogP contribution >= 0.6 is 23.5 Å². The first-order chi connectivity index (χ1) is 50.6. The lowest BCUT2D eigenvalue weighted by Crippen LogP contribution is -2.29. The minimum atomic E-state index is -5.46.